The Bertz CT molecular complexity index is 269. The molecule has 5 heteroatoms. The van der Waals surface area contributed by atoms with E-state index in [0.29, 0.717) is 6.42 Å². The summed E-state index contributed by atoms with van der Waals surface area (Å²) in [6, 6.07) is -0.754. The Kier molecular flexibility index (Phi) is 8.89. The van der Waals surface area contributed by atoms with Gasteiger partial charge in [0.2, 0.25) is 5.91 Å². The van der Waals surface area contributed by atoms with Crippen molar-refractivity contribution in [3.05, 3.63) is 0 Å². The van der Waals surface area contributed by atoms with Crippen molar-refractivity contribution >= 4 is 23.6 Å². The number of aliphatic carboxylic acids is 1. The lowest BCUT2D eigenvalue weighted by atomic mass is 10.1. The average Bonchev–Trinajstić information content (AvgIpc) is 2.30. The number of hydrogen-bond acceptors (Lipinski definition) is 3. The number of carbonyl (C=O) groups excluding carboxylic acids is 1. The Morgan fingerprint density at radius 2 is 1.89 bits per heavy atom. The van der Waals surface area contributed by atoms with Crippen LogP contribution in [0.15, 0.2) is 0 Å². The minimum absolute atomic E-state index is 0.152. The highest BCUT2D eigenvalue weighted by molar-refractivity contribution is 8.00. The molecule has 1 unspecified atom stereocenters. The van der Waals surface area contributed by atoms with E-state index in [-0.39, 0.29) is 17.1 Å². The van der Waals surface area contributed by atoms with Crippen molar-refractivity contribution in [2.45, 2.75) is 58.2 Å². The summed E-state index contributed by atoms with van der Waals surface area (Å²) in [4.78, 5) is 23.1. The molecule has 4 nitrogen and oxygen atoms in total. The average molecular weight is 275 g/mol. The summed E-state index contributed by atoms with van der Waals surface area (Å²) in [5, 5.41) is 11.6. The van der Waals surface area contributed by atoms with Crippen LogP contribution in [0.4, 0.5) is 0 Å². The number of carboxylic acids is 1. The molecular weight excluding hydrogens is 250 g/mol. The number of carbonyl (C=O) groups is 2. The molecule has 0 aromatic carbocycles. The Morgan fingerprint density at radius 1 is 1.28 bits per heavy atom. The summed E-state index contributed by atoms with van der Waals surface area (Å²) in [7, 11) is 0. The number of unbranched alkanes of at least 4 members (excludes halogenated alkanes) is 1. The van der Waals surface area contributed by atoms with E-state index in [1.807, 2.05) is 27.7 Å². The summed E-state index contributed by atoms with van der Waals surface area (Å²) in [6.45, 7) is 7.97. The molecule has 0 rings (SSSR count). The summed E-state index contributed by atoms with van der Waals surface area (Å²) in [5.41, 5.74) is 0. The van der Waals surface area contributed by atoms with Crippen molar-refractivity contribution in [3.63, 3.8) is 0 Å². The molecule has 0 aliphatic carbocycles. The smallest absolute Gasteiger partial charge is 0.326 e. The summed E-state index contributed by atoms with van der Waals surface area (Å²) < 4.78 is 0. The quantitative estimate of drug-likeness (QED) is 0.678. The van der Waals surface area contributed by atoms with Gasteiger partial charge in [-0.1, -0.05) is 40.5 Å². The van der Waals surface area contributed by atoms with Gasteiger partial charge in [0.25, 0.3) is 0 Å². The predicted molar refractivity (Wildman–Crippen MR) is 75.8 cm³/mol. The van der Waals surface area contributed by atoms with E-state index in [0.717, 1.165) is 18.6 Å². The molecule has 0 aliphatic heterocycles. The maximum Gasteiger partial charge on any atom is 0.326 e. The van der Waals surface area contributed by atoms with Crippen molar-refractivity contribution in [3.8, 4) is 0 Å². The third kappa shape index (κ3) is 6.28. The van der Waals surface area contributed by atoms with Crippen LogP contribution < -0.4 is 5.32 Å². The molecule has 0 saturated heterocycles. The molecule has 0 aromatic heterocycles. The first-order valence-corrected chi connectivity index (χ1v) is 7.63. The standard InChI is InChI=1S/C13H25NO3S/c1-5-7-8-10(13(16)17)14-12(15)11(9(3)4)18-6-2/h9-11H,5-8H2,1-4H3,(H,14,15)(H,16,17)/t10-,11?/m0/s1. The zero-order valence-electron chi connectivity index (χ0n) is 11.7. The fraction of sp³-hybridized carbons (Fsp3) is 0.846. The largest absolute Gasteiger partial charge is 0.480 e. The minimum Gasteiger partial charge on any atom is -0.480 e. The van der Waals surface area contributed by atoms with E-state index >= 15 is 0 Å². The van der Waals surface area contributed by atoms with Gasteiger partial charge in [-0.2, -0.15) is 0 Å². The van der Waals surface area contributed by atoms with Crippen LogP contribution in [0.25, 0.3) is 0 Å². The van der Waals surface area contributed by atoms with Crippen LogP contribution in [0.3, 0.4) is 0 Å². The Hall–Kier alpha value is -0.710. The molecule has 0 heterocycles. The molecule has 0 spiro atoms. The van der Waals surface area contributed by atoms with Gasteiger partial charge in [0.05, 0.1) is 5.25 Å². The lowest BCUT2D eigenvalue weighted by Crippen LogP contribution is -2.46. The molecule has 2 atom stereocenters. The molecule has 0 fully saturated rings. The van der Waals surface area contributed by atoms with E-state index in [1.54, 1.807) is 11.8 Å². The molecule has 18 heavy (non-hydrogen) atoms. The van der Waals surface area contributed by atoms with Crippen molar-refractivity contribution in [2.24, 2.45) is 5.92 Å². The van der Waals surface area contributed by atoms with Crippen LogP contribution in [0.1, 0.15) is 47.0 Å². The highest BCUT2D eigenvalue weighted by atomic mass is 32.2. The molecule has 2 N–H and O–H groups in total. The first kappa shape index (κ1) is 17.3. The number of thioether (sulfide) groups is 1. The van der Waals surface area contributed by atoms with Crippen molar-refractivity contribution in [2.75, 3.05) is 5.75 Å². The highest BCUT2D eigenvalue weighted by Crippen LogP contribution is 2.19. The van der Waals surface area contributed by atoms with Crippen LogP contribution in [0.5, 0.6) is 0 Å². The van der Waals surface area contributed by atoms with Crippen LogP contribution in [0.2, 0.25) is 0 Å². The van der Waals surface area contributed by atoms with Gasteiger partial charge < -0.3 is 10.4 Å². The third-order valence-electron chi connectivity index (χ3n) is 2.67. The van der Waals surface area contributed by atoms with Crippen molar-refractivity contribution in [1.29, 1.82) is 0 Å². The molecule has 0 bridgehead atoms. The number of amides is 1. The fourth-order valence-corrected chi connectivity index (χ4v) is 2.63. The van der Waals surface area contributed by atoms with Crippen molar-refractivity contribution in [1.82, 2.24) is 5.32 Å². The van der Waals surface area contributed by atoms with Crippen LogP contribution in [-0.2, 0) is 9.59 Å². The second kappa shape index (κ2) is 9.25. The van der Waals surface area contributed by atoms with E-state index < -0.39 is 12.0 Å². The molecule has 0 aliphatic rings. The normalized spacial score (nSPS) is 14.3. The van der Waals surface area contributed by atoms with Crippen LogP contribution >= 0.6 is 11.8 Å². The maximum atomic E-state index is 12.1. The fourth-order valence-electron chi connectivity index (χ4n) is 1.67. The monoisotopic (exact) mass is 275 g/mol. The van der Waals surface area contributed by atoms with Crippen LogP contribution in [-0.4, -0.2) is 34.0 Å². The number of hydrogen-bond donors (Lipinski definition) is 2. The van der Waals surface area contributed by atoms with Gasteiger partial charge in [-0.3, -0.25) is 4.79 Å². The zero-order chi connectivity index (χ0) is 14.1. The third-order valence-corrected chi connectivity index (χ3v) is 4.12. The van der Waals surface area contributed by atoms with Gasteiger partial charge in [0, 0.05) is 0 Å². The maximum absolute atomic E-state index is 12.1. The summed E-state index contributed by atoms with van der Waals surface area (Å²) >= 11 is 1.57. The molecule has 0 saturated carbocycles. The zero-order valence-corrected chi connectivity index (χ0v) is 12.5. The van der Waals surface area contributed by atoms with Gasteiger partial charge in [0.15, 0.2) is 0 Å². The molecule has 1 amide bonds. The molecule has 106 valence electrons. The van der Waals surface area contributed by atoms with Gasteiger partial charge in [-0.05, 0) is 18.1 Å². The molecular formula is C13H25NO3S. The van der Waals surface area contributed by atoms with Crippen molar-refractivity contribution < 1.29 is 14.7 Å². The topological polar surface area (TPSA) is 66.4 Å². The van der Waals surface area contributed by atoms with Crippen LogP contribution in [0, 0.1) is 5.92 Å². The van der Waals surface area contributed by atoms with Gasteiger partial charge in [-0.25, -0.2) is 4.79 Å². The van der Waals surface area contributed by atoms with E-state index in [9.17, 15) is 9.59 Å². The second-order valence-electron chi connectivity index (χ2n) is 4.66. The van der Waals surface area contributed by atoms with Gasteiger partial charge in [0.1, 0.15) is 6.04 Å². The number of rotatable bonds is 9. The predicted octanol–water partition coefficient (Wildman–Crippen LogP) is 2.52. The molecule has 0 aromatic rings. The second-order valence-corrected chi connectivity index (χ2v) is 6.08. The lowest BCUT2D eigenvalue weighted by molar-refractivity contribution is -0.142. The first-order valence-electron chi connectivity index (χ1n) is 6.58. The first-order chi connectivity index (χ1) is 8.43. The minimum atomic E-state index is -0.944. The number of carboxylic acid groups (broad SMARTS) is 1. The van der Waals surface area contributed by atoms with E-state index in [2.05, 4.69) is 5.32 Å². The molecule has 0 radical (unpaired) electrons. The highest BCUT2D eigenvalue weighted by Gasteiger charge is 2.26. The Labute approximate surface area is 114 Å². The SMILES string of the molecule is CCCC[C@H](NC(=O)C(SCC)C(C)C)C(=O)O. The Morgan fingerprint density at radius 3 is 2.28 bits per heavy atom. The van der Waals surface area contributed by atoms with Gasteiger partial charge >= 0.3 is 5.97 Å². The summed E-state index contributed by atoms with van der Waals surface area (Å²) in [5.74, 6) is -0.0418. The Balaban J connectivity index is 4.50. The summed E-state index contributed by atoms with van der Waals surface area (Å²) in [6.07, 6.45) is 2.24. The number of nitrogens with one attached hydrogen (secondary N) is 1. The lowest BCUT2D eigenvalue weighted by Gasteiger charge is -2.22. The van der Waals surface area contributed by atoms with E-state index in [1.165, 1.54) is 0 Å². The van der Waals surface area contributed by atoms with Gasteiger partial charge in [-0.15, -0.1) is 11.8 Å². The van der Waals surface area contributed by atoms with E-state index in [4.69, 9.17) is 5.11 Å².